The molecular formula is C20H23BrO9S. The third-order valence-corrected chi connectivity index (χ3v) is 6.07. The molecule has 1 N–H and O–H groups in total. The molecule has 2 rings (SSSR count). The SMILES string of the molecule is CC(=O)OC[C@H]1O[C@H](Sc2ccc(Br)cc2)[C@@H](CC(=O)O)[C@H](OC(C)=O)[C@H]1OC(C)=O. The molecule has 1 heterocycles. The fraction of sp³-hybridized carbons (Fsp3) is 0.500. The van der Waals surface area contributed by atoms with Crippen LogP contribution in [0.3, 0.4) is 0 Å². The third kappa shape index (κ3) is 7.82. The molecule has 0 bridgehead atoms. The lowest BCUT2D eigenvalue weighted by molar-refractivity contribution is -0.221. The van der Waals surface area contributed by atoms with Gasteiger partial charge in [-0.3, -0.25) is 19.2 Å². The van der Waals surface area contributed by atoms with E-state index in [-0.39, 0.29) is 6.61 Å². The van der Waals surface area contributed by atoms with Gasteiger partial charge < -0.3 is 24.1 Å². The lowest BCUT2D eigenvalue weighted by Crippen LogP contribution is -2.58. The Balaban J connectivity index is 2.43. The second-order valence-corrected chi connectivity index (χ2v) is 8.91. The molecule has 0 amide bonds. The number of rotatable bonds is 8. The first-order valence-electron chi connectivity index (χ1n) is 9.34. The van der Waals surface area contributed by atoms with E-state index in [1.165, 1.54) is 32.5 Å². The molecule has 1 aromatic rings. The Hall–Kier alpha value is -2.11. The topological polar surface area (TPSA) is 125 Å². The van der Waals surface area contributed by atoms with Crippen molar-refractivity contribution >= 4 is 51.6 Å². The van der Waals surface area contributed by atoms with Gasteiger partial charge in [-0.2, -0.15) is 0 Å². The predicted octanol–water partition coefficient (Wildman–Crippen LogP) is 2.78. The summed E-state index contributed by atoms with van der Waals surface area (Å²) < 4.78 is 22.7. The van der Waals surface area contributed by atoms with Gasteiger partial charge in [-0.1, -0.05) is 27.7 Å². The summed E-state index contributed by atoms with van der Waals surface area (Å²) in [6.45, 7) is 3.30. The summed E-state index contributed by atoms with van der Waals surface area (Å²) in [5.74, 6) is -3.89. The fourth-order valence-corrected chi connectivity index (χ4v) is 4.60. The van der Waals surface area contributed by atoms with Crippen LogP contribution in [0.1, 0.15) is 27.2 Å². The van der Waals surface area contributed by atoms with E-state index in [4.69, 9.17) is 18.9 Å². The smallest absolute Gasteiger partial charge is 0.303 e. The van der Waals surface area contributed by atoms with Crippen LogP contribution in [0.15, 0.2) is 33.6 Å². The molecule has 1 aliphatic heterocycles. The van der Waals surface area contributed by atoms with Gasteiger partial charge in [0, 0.05) is 36.1 Å². The van der Waals surface area contributed by atoms with Crippen LogP contribution >= 0.6 is 27.7 Å². The van der Waals surface area contributed by atoms with Gasteiger partial charge in [-0.25, -0.2) is 0 Å². The highest BCUT2D eigenvalue weighted by Crippen LogP contribution is 2.41. The quantitative estimate of drug-likeness (QED) is 0.405. The number of carbonyl (C=O) groups is 4. The molecule has 0 unspecified atom stereocenters. The Morgan fingerprint density at radius 2 is 1.58 bits per heavy atom. The summed E-state index contributed by atoms with van der Waals surface area (Å²) in [7, 11) is 0. The molecule has 31 heavy (non-hydrogen) atoms. The average molecular weight is 519 g/mol. The molecule has 0 aromatic heterocycles. The highest BCUT2D eigenvalue weighted by molar-refractivity contribution is 9.10. The molecule has 9 nitrogen and oxygen atoms in total. The van der Waals surface area contributed by atoms with Gasteiger partial charge in [0.05, 0.1) is 6.42 Å². The van der Waals surface area contributed by atoms with E-state index in [2.05, 4.69) is 15.9 Å². The molecule has 0 saturated carbocycles. The van der Waals surface area contributed by atoms with Crippen molar-refractivity contribution in [2.45, 2.75) is 55.8 Å². The maximum Gasteiger partial charge on any atom is 0.303 e. The fourth-order valence-electron chi connectivity index (χ4n) is 3.15. The summed E-state index contributed by atoms with van der Waals surface area (Å²) in [5.41, 5.74) is -0.783. The molecular weight excluding hydrogens is 496 g/mol. The monoisotopic (exact) mass is 518 g/mol. The van der Waals surface area contributed by atoms with E-state index < -0.39 is 60.0 Å². The highest BCUT2D eigenvalue weighted by Gasteiger charge is 2.51. The summed E-state index contributed by atoms with van der Waals surface area (Å²) in [6.07, 6.45) is -3.62. The standard InChI is InChI=1S/C20H23BrO9S/c1-10(22)27-9-16-19(29-12(3)24)18(28-11(2)23)15(8-17(25)26)20(30-16)31-14-6-4-13(21)5-7-14/h4-7,15-16,18-20H,8-9H2,1-3H3,(H,25,26)/t15-,16+,18-,19-,20+/m0/s1. The first-order chi connectivity index (χ1) is 14.6. The highest BCUT2D eigenvalue weighted by atomic mass is 79.9. The van der Waals surface area contributed by atoms with Gasteiger partial charge in [0.25, 0.3) is 0 Å². The van der Waals surface area contributed by atoms with Crippen LogP contribution in [0.25, 0.3) is 0 Å². The zero-order chi connectivity index (χ0) is 23.1. The maximum atomic E-state index is 11.8. The van der Waals surface area contributed by atoms with Crippen molar-refractivity contribution in [2.75, 3.05) is 6.61 Å². The van der Waals surface area contributed by atoms with Crippen LogP contribution in [0.4, 0.5) is 0 Å². The van der Waals surface area contributed by atoms with E-state index in [9.17, 15) is 24.3 Å². The van der Waals surface area contributed by atoms with Crippen LogP contribution in [-0.2, 0) is 38.1 Å². The number of carboxylic acid groups (broad SMARTS) is 1. The van der Waals surface area contributed by atoms with Crippen molar-refractivity contribution in [1.82, 2.24) is 0 Å². The van der Waals surface area contributed by atoms with Gasteiger partial charge in [0.1, 0.15) is 24.3 Å². The van der Waals surface area contributed by atoms with E-state index in [0.29, 0.717) is 0 Å². The lowest BCUT2D eigenvalue weighted by atomic mass is 9.89. The number of carboxylic acids is 1. The first-order valence-corrected chi connectivity index (χ1v) is 11.0. The number of halogens is 1. The van der Waals surface area contributed by atoms with Crippen LogP contribution in [0.2, 0.25) is 0 Å². The van der Waals surface area contributed by atoms with Gasteiger partial charge in [0.15, 0.2) is 6.10 Å². The minimum absolute atomic E-state index is 0.262. The maximum absolute atomic E-state index is 11.8. The predicted molar refractivity (Wildman–Crippen MR) is 112 cm³/mol. The minimum Gasteiger partial charge on any atom is -0.481 e. The molecule has 170 valence electrons. The molecule has 0 aliphatic carbocycles. The van der Waals surface area contributed by atoms with Crippen molar-refractivity contribution in [3.63, 3.8) is 0 Å². The van der Waals surface area contributed by atoms with Crippen molar-refractivity contribution < 1.29 is 43.2 Å². The van der Waals surface area contributed by atoms with Crippen molar-refractivity contribution in [3.05, 3.63) is 28.7 Å². The number of benzene rings is 1. The molecule has 0 radical (unpaired) electrons. The number of ether oxygens (including phenoxy) is 4. The number of aliphatic carboxylic acids is 1. The Kier molecular flexibility index (Phi) is 9.32. The number of thioether (sulfide) groups is 1. The summed E-state index contributed by atoms with van der Waals surface area (Å²) in [5, 5.41) is 9.46. The molecule has 11 heteroatoms. The van der Waals surface area contributed by atoms with Gasteiger partial charge >= 0.3 is 23.9 Å². The first kappa shape index (κ1) is 25.2. The Bertz CT molecular complexity index is 813. The van der Waals surface area contributed by atoms with Gasteiger partial charge in [-0.15, -0.1) is 0 Å². The van der Waals surface area contributed by atoms with Gasteiger partial charge in [0.2, 0.25) is 0 Å². The Labute approximate surface area is 191 Å². The molecule has 1 fully saturated rings. The normalized spacial score (nSPS) is 25.4. The lowest BCUT2D eigenvalue weighted by Gasteiger charge is -2.44. The number of hydrogen-bond acceptors (Lipinski definition) is 9. The van der Waals surface area contributed by atoms with Crippen LogP contribution < -0.4 is 0 Å². The second kappa shape index (κ2) is 11.5. The second-order valence-electron chi connectivity index (χ2n) is 6.83. The molecule has 0 spiro atoms. The zero-order valence-electron chi connectivity index (χ0n) is 17.1. The number of esters is 3. The van der Waals surface area contributed by atoms with Crippen LogP contribution in [0, 0.1) is 5.92 Å². The minimum atomic E-state index is -1.15. The van der Waals surface area contributed by atoms with Crippen molar-refractivity contribution in [2.24, 2.45) is 5.92 Å². The van der Waals surface area contributed by atoms with E-state index in [0.717, 1.165) is 9.37 Å². The van der Waals surface area contributed by atoms with Crippen LogP contribution in [0.5, 0.6) is 0 Å². The summed E-state index contributed by atoms with van der Waals surface area (Å²) >= 11 is 4.59. The van der Waals surface area contributed by atoms with E-state index >= 15 is 0 Å². The van der Waals surface area contributed by atoms with Gasteiger partial charge in [-0.05, 0) is 24.3 Å². The average Bonchev–Trinajstić information content (AvgIpc) is 2.65. The number of carbonyl (C=O) groups excluding carboxylic acids is 3. The Morgan fingerprint density at radius 1 is 1.00 bits per heavy atom. The molecule has 1 saturated heterocycles. The molecule has 1 aliphatic rings. The summed E-state index contributed by atoms with van der Waals surface area (Å²) in [4.78, 5) is 47.2. The third-order valence-electron chi connectivity index (χ3n) is 4.30. The zero-order valence-corrected chi connectivity index (χ0v) is 19.5. The largest absolute Gasteiger partial charge is 0.481 e. The van der Waals surface area contributed by atoms with Crippen molar-refractivity contribution in [3.8, 4) is 0 Å². The number of hydrogen-bond donors (Lipinski definition) is 1. The van der Waals surface area contributed by atoms with Crippen LogP contribution in [-0.4, -0.2) is 59.3 Å². The van der Waals surface area contributed by atoms with E-state index in [1.54, 1.807) is 0 Å². The van der Waals surface area contributed by atoms with Crippen molar-refractivity contribution in [1.29, 1.82) is 0 Å². The van der Waals surface area contributed by atoms with E-state index in [1.807, 2.05) is 24.3 Å². The molecule has 1 aromatic carbocycles. The Morgan fingerprint density at radius 3 is 2.10 bits per heavy atom. The summed E-state index contributed by atoms with van der Waals surface area (Å²) in [6, 6.07) is 7.27. The molecule has 5 atom stereocenters.